The van der Waals surface area contributed by atoms with Crippen LogP contribution in [0.5, 0.6) is 0 Å². The smallest absolute Gasteiger partial charge is 0.0945 e. The highest BCUT2D eigenvalue weighted by molar-refractivity contribution is 5.14. The van der Waals surface area contributed by atoms with E-state index in [2.05, 4.69) is 50.1 Å². The van der Waals surface area contributed by atoms with E-state index in [1.807, 2.05) is 18.7 Å². The lowest BCUT2D eigenvalue weighted by Gasteiger charge is -2.34. The van der Waals surface area contributed by atoms with E-state index in [1.54, 1.807) is 0 Å². The number of aromatic nitrogens is 2. The Morgan fingerprint density at radius 3 is 2.65 bits per heavy atom. The van der Waals surface area contributed by atoms with Gasteiger partial charge in [0.05, 0.1) is 12.4 Å². The summed E-state index contributed by atoms with van der Waals surface area (Å²) < 4.78 is 2.13. The fourth-order valence-corrected chi connectivity index (χ4v) is 4.54. The Bertz CT molecular complexity index is 652. The van der Waals surface area contributed by atoms with Crippen molar-refractivity contribution in [2.24, 2.45) is 5.92 Å². The second-order valence-electron chi connectivity index (χ2n) is 7.97. The van der Waals surface area contributed by atoms with Crippen molar-refractivity contribution in [3.8, 4) is 0 Å². The molecule has 2 heterocycles. The Labute approximate surface area is 156 Å². The number of rotatable bonds is 6. The minimum absolute atomic E-state index is 0.217. The number of aliphatic hydroxyl groups is 1. The molecule has 2 aromatic rings. The summed E-state index contributed by atoms with van der Waals surface area (Å²) in [6.45, 7) is 4.28. The van der Waals surface area contributed by atoms with Gasteiger partial charge < -0.3 is 15.0 Å². The highest BCUT2D eigenvalue weighted by atomic mass is 16.3. The van der Waals surface area contributed by atoms with Crippen LogP contribution in [0, 0.1) is 5.92 Å². The molecule has 0 spiro atoms. The molecule has 4 rings (SSSR count). The van der Waals surface area contributed by atoms with Gasteiger partial charge >= 0.3 is 0 Å². The van der Waals surface area contributed by atoms with Gasteiger partial charge in [-0.25, -0.2) is 4.98 Å². The molecular weight excluding hydrogens is 324 g/mol. The number of nitrogens with zero attached hydrogens (tertiary/aromatic N) is 3. The van der Waals surface area contributed by atoms with Crippen molar-refractivity contribution in [1.82, 2.24) is 19.8 Å². The van der Waals surface area contributed by atoms with Gasteiger partial charge in [-0.2, -0.15) is 0 Å². The molecule has 1 saturated carbocycles. The summed E-state index contributed by atoms with van der Waals surface area (Å²) in [6.07, 6.45) is 9.78. The van der Waals surface area contributed by atoms with Crippen molar-refractivity contribution in [1.29, 1.82) is 0 Å². The molecule has 1 aliphatic heterocycles. The Hall–Kier alpha value is -1.69. The maximum atomic E-state index is 10.5. The van der Waals surface area contributed by atoms with E-state index in [4.69, 9.17) is 0 Å². The van der Waals surface area contributed by atoms with Crippen LogP contribution in [0.3, 0.4) is 0 Å². The molecule has 2 fully saturated rings. The quantitative estimate of drug-likeness (QED) is 0.836. The number of aliphatic hydroxyl groups excluding tert-OH is 1. The Kier molecular flexibility index (Phi) is 5.68. The first-order valence-corrected chi connectivity index (χ1v) is 9.92. The van der Waals surface area contributed by atoms with Gasteiger partial charge in [0, 0.05) is 37.6 Å². The van der Waals surface area contributed by atoms with Crippen LogP contribution in [0.2, 0.25) is 0 Å². The van der Waals surface area contributed by atoms with E-state index < -0.39 is 0 Å². The Morgan fingerprint density at radius 1 is 1.12 bits per heavy atom. The summed E-state index contributed by atoms with van der Waals surface area (Å²) >= 11 is 0. The highest BCUT2D eigenvalue weighted by Crippen LogP contribution is 2.28. The molecular formula is C21H30N4O. The number of benzene rings is 1. The molecule has 2 N–H and O–H groups in total. The van der Waals surface area contributed by atoms with Crippen molar-refractivity contribution in [2.45, 2.75) is 57.0 Å². The lowest BCUT2D eigenvalue weighted by molar-refractivity contribution is 0.124. The average molecular weight is 354 g/mol. The van der Waals surface area contributed by atoms with Gasteiger partial charge in [0.15, 0.2) is 0 Å². The van der Waals surface area contributed by atoms with Crippen molar-refractivity contribution in [3.63, 3.8) is 0 Å². The molecule has 26 heavy (non-hydrogen) atoms. The van der Waals surface area contributed by atoms with Gasteiger partial charge in [0.2, 0.25) is 0 Å². The van der Waals surface area contributed by atoms with E-state index in [0.717, 1.165) is 39.0 Å². The van der Waals surface area contributed by atoms with Crippen LogP contribution in [0.25, 0.3) is 0 Å². The molecule has 1 unspecified atom stereocenters. The maximum Gasteiger partial charge on any atom is 0.0945 e. The van der Waals surface area contributed by atoms with E-state index in [1.165, 1.54) is 18.4 Å². The number of hydrogen-bond donors (Lipinski definition) is 2. The van der Waals surface area contributed by atoms with Gasteiger partial charge in [0.25, 0.3) is 0 Å². The summed E-state index contributed by atoms with van der Waals surface area (Å²) in [4.78, 5) is 6.66. The highest BCUT2D eigenvalue weighted by Gasteiger charge is 2.34. The molecule has 3 atom stereocenters. The van der Waals surface area contributed by atoms with E-state index in [0.29, 0.717) is 12.0 Å². The van der Waals surface area contributed by atoms with Crippen molar-refractivity contribution in [3.05, 3.63) is 54.6 Å². The molecule has 1 saturated heterocycles. The second-order valence-corrected chi connectivity index (χ2v) is 7.97. The summed E-state index contributed by atoms with van der Waals surface area (Å²) in [5.74, 6) is 0.537. The third-order valence-electron chi connectivity index (χ3n) is 5.94. The van der Waals surface area contributed by atoms with Crippen molar-refractivity contribution >= 4 is 0 Å². The van der Waals surface area contributed by atoms with Crippen LogP contribution < -0.4 is 5.32 Å². The first-order valence-electron chi connectivity index (χ1n) is 9.92. The predicted molar refractivity (Wildman–Crippen MR) is 103 cm³/mol. The van der Waals surface area contributed by atoms with Crippen molar-refractivity contribution < 1.29 is 5.11 Å². The predicted octanol–water partition coefficient (Wildman–Crippen LogP) is 2.28. The standard InChI is InChI=1S/C21H30N4O/c26-21-13-18(15-25-11-8-22-16-25)12-20(21)23-19-6-9-24(10-7-19)14-17-4-2-1-3-5-17/h1-5,8,11,16,18-21,23,26H,6-7,9-10,12-15H2/t18?,20-,21-/m1/s1. The van der Waals surface area contributed by atoms with E-state index in [9.17, 15) is 5.11 Å². The first kappa shape index (κ1) is 17.7. The number of hydrogen-bond acceptors (Lipinski definition) is 4. The molecule has 1 aromatic carbocycles. The fourth-order valence-electron chi connectivity index (χ4n) is 4.54. The lowest BCUT2D eigenvalue weighted by Crippen LogP contribution is -2.48. The zero-order valence-corrected chi connectivity index (χ0v) is 15.4. The summed E-state index contributed by atoms with van der Waals surface area (Å²) in [5.41, 5.74) is 1.40. The van der Waals surface area contributed by atoms with Crippen LogP contribution in [0.4, 0.5) is 0 Å². The molecule has 2 aliphatic rings. The molecule has 0 amide bonds. The Morgan fingerprint density at radius 2 is 1.92 bits per heavy atom. The Balaban J connectivity index is 1.21. The van der Waals surface area contributed by atoms with Gasteiger partial charge in [-0.3, -0.25) is 4.90 Å². The third kappa shape index (κ3) is 4.53. The monoisotopic (exact) mass is 354 g/mol. The summed E-state index contributed by atoms with van der Waals surface area (Å²) in [6, 6.07) is 11.5. The summed E-state index contributed by atoms with van der Waals surface area (Å²) in [5, 5.41) is 14.2. The second kappa shape index (κ2) is 8.33. The maximum absolute atomic E-state index is 10.5. The lowest BCUT2D eigenvalue weighted by atomic mass is 10.0. The van der Waals surface area contributed by atoms with Gasteiger partial charge in [0.1, 0.15) is 0 Å². The minimum atomic E-state index is -0.217. The van der Waals surface area contributed by atoms with Crippen LogP contribution >= 0.6 is 0 Å². The minimum Gasteiger partial charge on any atom is -0.391 e. The number of piperidine rings is 1. The molecule has 1 aliphatic carbocycles. The first-order chi connectivity index (χ1) is 12.8. The topological polar surface area (TPSA) is 53.3 Å². The summed E-state index contributed by atoms with van der Waals surface area (Å²) in [7, 11) is 0. The van der Waals surface area contributed by atoms with Gasteiger partial charge in [-0.05, 0) is 50.3 Å². The molecule has 5 heteroatoms. The molecule has 5 nitrogen and oxygen atoms in total. The number of imidazole rings is 1. The van der Waals surface area contributed by atoms with Crippen LogP contribution in [0.1, 0.15) is 31.2 Å². The van der Waals surface area contributed by atoms with E-state index in [-0.39, 0.29) is 12.1 Å². The molecule has 140 valence electrons. The number of likely N-dealkylation sites (tertiary alicyclic amines) is 1. The average Bonchev–Trinajstić information content (AvgIpc) is 3.28. The number of nitrogens with one attached hydrogen (secondary N) is 1. The normalized spacial score (nSPS) is 27.8. The largest absolute Gasteiger partial charge is 0.391 e. The SMILES string of the molecule is O[C@@H]1CC(Cn2ccnc2)C[C@H]1NC1CCN(Cc2ccccc2)CC1. The van der Waals surface area contributed by atoms with Crippen LogP contribution in [0.15, 0.2) is 49.1 Å². The molecule has 0 radical (unpaired) electrons. The van der Waals surface area contributed by atoms with Crippen LogP contribution in [-0.2, 0) is 13.1 Å². The fraction of sp³-hybridized carbons (Fsp3) is 0.571. The zero-order chi connectivity index (χ0) is 17.8. The third-order valence-corrected chi connectivity index (χ3v) is 5.94. The van der Waals surface area contributed by atoms with Crippen molar-refractivity contribution in [2.75, 3.05) is 13.1 Å². The molecule has 0 bridgehead atoms. The molecule has 1 aromatic heterocycles. The van der Waals surface area contributed by atoms with E-state index >= 15 is 0 Å². The van der Waals surface area contributed by atoms with Gasteiger partial charge in [-0.15, -0.1) is 0 Å². The van der Waals surface area contributed by atoms with Crippen LogP contribution in [-0.4, -0.2) is 50.8 Å². The van der Waals surface area contributed by atoms with Gasteiger partial charge in [-0.1, -0.05) is 30.3 Å². The zero-order valence-electron chi connectivity index (χ0n) is 15.4.